The summed E-state index contributed by atoms with van der Waals surface area (Å²) in [6.07, 6.45) is 0.0890. The van der Waals surface area contributed by atoms with Crippen LogP contribution in [-0.2, 0) is 4.79 Å². The molecule has 0 atom stereocenters. The molecule has 0 saturated carbocycles. The lowest BCUT2D eigenvalue weighted by molar-refractivity contribution is -0.114. The van der Waals surface area contributed by atoms with E-state index < -0.39 is 0 Å². The van der Waals surface area contributed by atoms with E-state index in [9.17, 15) is 4.79 Å². The second-order valence-electron chi connectivity index (χ2n) is 4.93. The van der Waals surface area contributed by atoms with E-state index in [4.69, 9.17) is 4.74 Å². The second-order valence-corrected chi connectivity index (χ2v) is 4.93. The van der Waals surface area contributed by atoms with Gasteiger partial charge in [0.2, 0.25) is 5.91 Å². The molecule has 0 fully saturated rings. The summed E-state index contributed by atoms with van der Waals surface area (Å²) >= 11 is 0. The van der Waals surface area contributed by atoms with Crippen molar-refractivity contribution in [3.63, 3.8) is 0 Å². The molecule has 110 valence electrons. The maximum Gasteiger partial charge on any atom is 0.243 e. The van der Waals surface area contributed by atoms with Crippen LogP contribution in [0.15, 0.2) is 54.6 Å². The molecule has 4 nitrogen and oxygen atoms in total. The molecule has 0 radical (unpaired) electrons. The van der Waals surface area contributed by atoms with Crippen molar-refractivity contribution in [1.29, 1.82) is 0 Å². The summed E-state index contributed by atoms with van der Waals surface area (Å²) < 4.78 is 5.70. The lowest BCUT2D eigenvalue weighted by atomic mass is 10.3. The van der Waals surface area contributed by atoms with Gasteiger partial charge in [0.25, 0.3) is 0 Å². The van der Waals surface area contributed by atoms with Crippen LogP contribution in [0.25, 0.3) is 0 Å². The maximum atomic E-state index is 11.9. The number of benzene rings is 2. The molecule has 0 aliphatic rings. The minimum Gasteiger partial charge on any atom is -0.489 e. The molecule has 1 amide bonds. The number of para-hydroxylation sites is 3. The molecule has 2 N–H and O–H groups in total. The predicted octanol–water partition coefficient (Wildman–Crippen LogP) is 3.52. The van der Waals surface area contributed by atoms with E-state index in [0.29, 0.717) is 0 Å². The van der Waals surface area contributed by atoms with E-state index in [1.165, 1.54) is 0 Å². The van der Waals surface area contributed by atoms with Crippen LogP contribution < -0.4 is 15.4 Å². The number of carbonyl (C=O) groups is 1. The highest BCUT2D eigenvalue weighted by molar-refractivity contribution is 5.93. The lowest BCUT2D eigenvalue weighted by Gasteiger charge is -2.15. The molecule has 2 rings (SSSR count). The van der Waals surface area contributed by atoms with Gasteiger partial charge in [-0.05, 0) is 38.1 Å². The molecule has 4 heteroatoms. The fourth-order valence-corrected chi connectivity index (χ4v) is 1.87. The molecule has 0 aliphatic heterocycles. The third-order valence-corrected chi connectivity index (χ3v) is 2.75. The van der Waals surface area contributed by atoms with Gasteiger partial charge in [-0.15, -0.1) is 0 Å². The Hall–Kier alpha value is -2.49. The Morgan fingerprint density at radius 2 is 1.71 bits per heavy atom. The average molecular weight is 284 g/mol. The number of anilines is 2. The average Bonchev–Trinajstić information content (AvgIpc) is 2.47. The summed E-state index contributed by atoms with van der Waals surface area (Å²) in [5.41, 5.74) is 1.60. The highest BCUT2D eigenvalue weighted by Crippen LogP contribution is 2.24. The highest BCUT2D eigenvalue weighted by Gasteiger charge is 2.07. The van der Waals surface area contributed by atoms with Crippen LogP contribution in [-0.4, -0.2) is 18.6 Å². The number of hydrogen-bond acceptors (Lipinski definition) is 3. The minimum atomic E-state index is -0.0967. The first-order valence-corrected chi connectivity index (χ1v) is 6.99. The van der Waals surface area contributed by atoms with E-state index in [2.05, 4.69) is 10.6 Å². The molecule has 0 saturated heterocycles. The molecule has 0 aromatic heterocycles. The van der Waals surface area contributed by atoms with E-state index >= 15 is 0 Å². The van der Waals surface area contributed by atoms with Gasteiger partial charge in [0, 0.05) is 5.69 Å². The number of amides is 1. The van der Waals surface area contributed by atoms with Gasteiger partial charge >= 0.3 is 0 Å². The van der Waals surface area contributed by atoms with Crippen molar-refractivity contribution < 1.29 is 9.53 Å². The van der Waals surface area contributed by atoms with Crippen molar-refractivity contribution in [3.05, 3.63) is 54.6 Å². The minimum absolute atomic E-state index is 0.0890. The molecule has 21 heavy (non-hydrogen) atoms. The van der Waals surface area contributed by atoms with Crippen molar-refractivity contribution in [3.8, 4) is 5.75 Å². The number of rotatable bonds is 6. The van der Waals surface area contributed by atoms with Crippen molar-refractivity contribution in [2.45, 2.75) is 20.0 Å². The van der Waals surface area contributed by atoms with Crippen molar-refractivity contribution in [2.75, 3.05) is 17.2 Å². The summed E-state index contributed by atoms with van der Waals surface area (Å²) in [4.78, 5) is 11.9. The van der Waals surface area contributed by atoms with Gasteiger partial charge in [-0.2, -0.15) is 0 Å². The summed E-state index contributed by atoms with van der Waals surface area (Å²) in [6, 6.07) is 17.0. The number of ether oxygens (including phenoxy) is 1. The SMILES string of the molecule is CC(C)Oc1ccccc1NCC(=O)Nc1ccccc1. The zero-order valence-corrected chi connectivity index (χ0v) is 12.3. The van der Waals surface area contributed by atoms with Crippen molar-refractivity contribution in [1.82, 2.24) is 0 Å². The van der Waals surface area contributed by atoms with Crippen LogP contribution >= 0.6 is 0 Å². The molecule has 0 unspecified atom stereocenters. The van der Waals surface area contributed by atoms with Gasteiger partial charge in [-0.25, -0.2) is 0 Å². The zero-order valence-electron chi connectivity index (χ0n) is 12.3. The van der Waals surface area contributed by atoms with Crippen LogP contribution in [0.3, 0.4) is 0 Å². The Balaban J connectivity index is 1.92. The van der Waals surface area contributed by atoms with Gasteiger partial charge in [0.15, 0.2) is 0 Å². The van der Waals surface area contributed by atoms with Crippen LogP contribution in [0, 0.1) is 0 Å². The summed E-state index contributed by atoms with van der Waals surface area (Å²) in [5, 5.41) is 5.93. The smallest absolute Gasteiger partial charge is 0.243 e. The van der Waals surface area contributed by atoms with Crippen LogP contribution in [0.2, 0.25) is 0 Å². The quantitative estimate of drug-likeness (QED) is 0.853. The van der Waals surface area contributed by atoms with Crippen molar-refractivity contribution >= 4 is 17.3 Å². The molecule has 0 bridgehead atoms. The lowest BCUT2D eigenvalue weighted by Crippen LogP contribution is -2.22. The van der Waals surface area contributed by atoms with E-state index in [1.54, 1.807) is 0 Å². The largest absolute Gasteiger partial charge is 0.489 e. The predicted molar refractivity (Wildman–Crippen MR) is 85.8 cm³/mol. The molecule has 0 spiro atoms. The topological polar surface area (TPSA) is 50.4 Å². The normalized spacial score (nSPS) is 10.2. The third-order valence-electron chi connectivity index (χ3n) is 2.75. The van der Waals surface area contributed by atoms with Gasteiger partial charge in [0.05, 0.1) is 18.3 Å². The maximum absolute atomic E-state index is 11.9. The van der Waals surface area contributed by atoms with Gasteiger partial charge in [-0.1, -0.05) is 30.3 Å². The number of carbonyl (C=O) groups excluding carboxylic acids is 1. The molecule has 0 heterocycles. The first kappa shape index (κ1) is 14.9. The van der Waals surface area contributed by atoms with E-state index in [1.807, 2.05) is 68.4 Å². The Kier molecular flexibility index (Phi) is 5.21. The second kappa shape index (κ2) is 7.33. The van der Waals surface area contributed by atoms with Gasteiger partial charge < -0.3 is 15.4 Å². The standard InChI is InChI=1S/C17H20N2O2/c1-13(2)21-16-11-7-6-10-15(16)18-12-17(20)19-14-8-4-3-5-9-14/h3-11,13,18H,12H2,1-2H3,(H,19,20). The highest BCUT2D eigenvalue weighted by atomic mass is 16.5. The first-order valence-electron chi connectivity index (χ1n) is 6.99. The Morgan fingerprint density at radius 3 is 2.43 bits per heavy atom. The Labute approximate surface area is 125 Å². The fourth-order valence-electron chi connectivity index (χ4n) is 1.87. The van der Waals surface area contributed by atoms with Crippen molar-refractivity contribution in [2.24, 2.45) is 0 Å². The molecular formula is C17H20N2O2. The summed E-state index contributed by atoms with van der Waals surface area (Å²) in [5.74, 6) is 0.653. The molecule has 0 aliphatic carbocycles. The van der Waals surface area contributed by atoms with Crippen LogP contribution in [0.5, 0.6) is 5.75 Å². The number of hydrogen-bond donors (Lipinski definition) is 2. The van der Waals surface area contributed by atoms with Gasteiger partial charge in [-0.3, -0.25) is 4.79 Å². The third kappa shape index (κ3) is 4.84. The van der Waals surface area contributed by atoms with Crippen LogP contribution in [0.1, 0.15) is 13.8 Å². The Morgan fingerprint density at radius 1 is 1.05 bits per heavy atom. The van der Waals surface area contributed by atoms with Gasteiger partial charge in [0.1, 0.15) is 5.75 Å². The van der Waals surface area contributed by atoms with E-state index in [-0.39, 0.29) is 18.6 Å². The monoisotopic (exact) mass is 284 g/mol. The molecule has 2 aromatic carbocycles. The molecule has 2 aromatic rings. The Bertz CT molecular complexity index is 582. The van der Waals surface area contributed by atoms with E-state index in [0.717, 1.165) is 17.1 Å². The fraction of sp³-hybridized carbons (Fsp3) is 0.235. The zero-order chi connectivity index (χ0) is 15.1. The number of nitrogens with one attached hydrogen (secondary N) is 2. The molecular weight excluding hydrogens is 264 g/mol. The summed E-state index contributed by atoms with van der Waals surface area (Å²) in [7, 11) is 0. The first-order chi connectivity index (χ1) is 10.1. The summed E-state index contributed by atoms with van der Waals surface area (Å²) in [6.45, 7) is 4.13. The van der Waals surface area contributed by atoms with Crippen LogP contribution in [0.4, 0.5) is 11.4 Å².